The van der Waals surface area contributed by atoms with Gasteiger partial charge in [-0.1, -0.05) is 29.8 Å². The second-order valence-corrected chi connectivity index (χ2v) is 8.15. The topological polar surface area (TPSA) is 68.9 Å². The van der Waals surface area contributed by atoms with Crippen LogP contribution in [0.15, 0.2) is 53.5 Å². The van der Waals surface area contributed by atoms with Crippen molar-refractivity contribution in [3.63, 3.8) is 0 Å². The number of carbonyl (C=O) groups excluding carboxylic acids is 1. The summed E-state index contributed by atoms with van der Waals surface area (Å²) < 4.78 is 16.4. The van der Waals surface area contributed by atoms with E-state index in [2.05, 4.69) is 10.4 Å². The molecule has 164 valence electrons. The first-order valence-electron chi connectivity index (χ1n) is 10.1. The van der Waals surface area contributed by atoms with Crippen LogP contribution in [0.3, 0.4) is 0 Å². The largest absolute Gasteiger partial charge is 0.343 e. The number of halogens is 2. The number of aromatic nitrogens is 3. The highest BCUT2D eigenvalue weighted by molar-refractivity contribution is 6.31. The van der Waals surface area contributed by atoms with Gasteiger partial charge < -0.3 is 9.88 Å². The van der Waals surface area contributed by atoms with Gasteiger partial charge >= 0.3 is 0 Å². The van der Waals surface area contributed by atoms with Crippen molar-refractivity contribution in [1.29, 1.82) is 0 Å². The smallest absolute Gasteiger partial charge is 0.276 e. The van der Waals surface area contributed by atoms with E-state index in [1.165, 1.54) is 12.1 Å². The molecule has 0 saturated heterocycles. The molecule has 1 N–H and O–H groups in total. The van der Waals surface area contributed by atoms with Gasteiger partial charge in [-0.3, -0.25) is 9.59 Å². The van der Waals surface area contributed by atoms with E-state index in [0.717, 1.165) is 32.6 Å². The molecule has 0 aliphatic heterocycles. The van der Waals surface area contributed by atoms with Crippen LogP contribution in [0.25, 0.3) is 10.8 Å². The molecule has 0 radical (unpaired) electrons. The molecule has 0 spiro atoms. The molecule has 0 atom stereocenters. The van der Waals surface area contributed by atoms with Crippen LogP contribution < -0.4 is 10.9 Å². The average Bonchev–Trinajstić information content (AvgIpc) is 3.00. The van der Waals surface area contributed by atoms with E-state index in [1.807, 2.05) is 25.3 Å². The predicted molar refractivity (Wildman–Crippen MR) is 124 cm³/mol. The van der Waals surface area contributed by atoms with E-state index in [9.17, 15) is 14.0 Å². The quantitative estimate of drug-likeness (QED) is 0.481. The Hall–Kier alpha value is -3.45. The molecule has 0 saturated carbocycles. The second kappa shape index (κ2) is 8.59. The monoisotopic (exact) mass is 452 g/mol. The van der Waals surface area contributed by atoms with Crippen LogP contribution in [-0.4, -0.2) is 20.3 Å². The Kier molecular flexibility index (Phi) is 5.84. The summed E-state index contributed by atoms with van der Waals surface area (Å²) in [6, 6.07) is 11.5. The van der Waals surface area contributed by atoms with E-state index in [0.29, 0.717) is 22.6 Å². The van der Waals surface area contributed by atoms with Crippen molar-refractivity contribution in [3.05, 3.63) is 92.4 Å². The number of nitrogens with zero attached hydrogens (tertiary/aromatic N) is 3. The maximum Gasteiger partial charge on any atom is 0.276 e. The zero-order valence-corrected chi connectivity index (χ0v) is 18.7. The van der Waals surface area contributed by atoms with Crippen LogP contribution in [-0.2, 0) is 17.9 Å². The fraction of sp³-hybridized carbons (Fsp3) is 0.208. The first-order chi connectivity index (χ1) is 15.3. The van der Waals surface area contributed by atoms with E-state index >= 15 is 0 Å². The summed E-state index contributed by atoms with van der Waals surface area (Å²) in [5, 5.41) is 8.80. The van der Waals surface area contributed by atoms with Gasteiger partial charge in [0, 0.05) is 34.0 Å². The molecule has 4 rings (SSSR count). The first kappa shape index (κ1) is 21.8. The minimum Gasteiger partial charge on any atom is -0.343 e. The van der Waals surface area contributed by atoms with Crippen LogP contribution >= 0.6 is 11.6 Å². The number of hydrogen-bond donors (Lipinski definition) is 1. The predicted octanol–water partition coefficient (Wildman–Crippen LogP) is 4.60. The number of carbonyl (C=O) groups is 1. The van der Waals surface area contributed by atoms with Gasteiger partial charge in [0.2, 0.25) is 5.91 Å². The van der Waals surface area contributed by atoms with Crippen LogP contribution in [0.5, 0.6) is 0 Å². The highest BCUT2D eigenvalue weighted by Gasteiger charge is 2.18. The molecule has 0 unspecified atom stereocenters. The molecule has 0 aliphatic rings. The molecule has 2 aromatic heterocycles. The Morgan fingerprint density at radius 3 is 2.53 bits per heavy atom. The Morgan fingerprint density at radius 1 is 1.09 bits per heavy atom. The lowest BCUT2D eigenvalue weighted by Gasteiger charge is -2.10. The van der Waals surface area contributed by atoms with Gasteiger partial charge in [-0.15, -0.1) is 0 Å². The van der Waals surface area contributed by atoms with Crippen molar-refractivity contribution in [2.24, 2.45) is 0 Å². The second-order valence-electron chi connectivity index (χ2n) is 7.74. The summed E-state index contributed by atoms with van der Waals surface area (Å²) in [6.45, 7) is 5.87. The average molecular weight is 453 g/mol. The summed E-state index contributed by atoms with van der Waals surface area (Å²) in [5.41, 5.74) is 3.59. The van der Waals surface area contributed by atoms with Crippen LogP contribution in [0, 0.1) is 26.6 Å². The molecule has 0 bridgehead atoms. The van der Waals surface area contributed by atoms with Crippen LogP contribution in [0.4, 0.5) is 10.1 Å². The minimum absolute atomic E-state index is 0.220. The lowest BCUT2D eigenvalue weighted by atomic mass is 10.2. The molecular formula is C24H22ClFN4O2. The Balaban J connectivity index is 1.64. The molecule has 1 amide bonds. The molecule has 2 aromatic carbocycles. The molecule has 0 fully saturated rings. The van der Waals surface area contributed by atoms with Crippen molar-refractivity contribution < 1.29 is 9.18 Å². The highest BCUT2D eigenvalue weighted by Crippen LogP contribution is 2.24. The number of nitrogens with one attached hydrogen (secondary N) is 1. The van der Waals surface area contributed by atoms with E-state index in [1.54, 1.807) is 36.5 Å². The van der Waals surface area contributed by atoms with Crippen molar-refractivity contribution in [2.75, 3.05) is 5.32 Å². The third-order valence-electron chi connectivity index (χ3n) is 5.69. The molecule has 2 heterocycles. The van der Waals surface area contributed by atoms with Crippen molar-refractivity contribution in [2.45, 2.75) is 33.9 Å². The number of hydrogen-bond acceptors (Lipinski definition) is 3. The lowest BCUT2D eigenvalue weighted by molar-refractivity contribution is -0.117. The van der Waals surface area contributed by atoms with E-state index < -0.39 is 0 Å². The number of amides is 1. The Morgan fingerprint density at radius 2 is 1.81 bits per heavy atom. The number of benzene rings is 2. The molecule has 0 aliphatic carbocycles. The summed E-state index contributed by atoms with van der Waals surface area (Å²) in [7, 11) is 0. The summed E-state index contributed by atoms with van der Waals surface area (Å²) >= 11 is 6.11. The lowest BCUT2D eigenvalue weighted by Crippen LogP contribution is -2.29. The Labute approximate surface area is 189 Å². The standard InChI is InChI=1S/C24H22ClFN4O2/c1-14-20(25)5-4-6-21(14)28-22(31)13-30-24(32)23-16(3)29(15(2)19(23)11-27-30)12-17-7-9-18(26)10-8-17/h4-11H,12-13H2,1-3H3,(H,28,31). The summed E-state index contributed by atoms with van der Waals surface area (Å²) in [5.74, 6) is -0.664. The molecule has 6 nitrogen and oxygen atoms in total. The minimum atomic E-state index is -0.371. The normalized spacial score (nSPS) is 11.2. The van der Waals surface area contributed by atoms with Crippen LogP contribution in [0.1, 0.15) is 22.5 Å². The SMILES string of the molecule is Cc1c(Cl)cccc1NC(=O)Cn1ncc2c(C)n(Cc3ccc(F)cc3)c(C)c2c1=O. The fourth-order valence-corrected chi connectivity index (χ4v) is 4.01. The molecule has 8 heteroatoms. The van der Waals surface area contributed by atoms with Crippen molar-refractivity contribution in [1.82, 2.24) is 14.3 Å². The van der Waals surface area contributed by atoms with Gasteiger partial charge in [-0.2, -0.15) is 5.10 Å². The van der Waals surface area contributed by atoms with Gasteiger partial charge in [-0.05, 0) is 56.2 Å². The number of rotatable bonds is 5. The molecular weight excluding hydrogens is 431 g/mol. The zero-order valence-electron chi connectivity index (χ0n) is 17.9. The molecule has 32 heavy (non-hydrogen) atoms. The van der Waals surface area contributed by atoms with Gasteiger partial charge in [0.25, 0.3) is 5.56 Å². The number of anilines is 1. The number of fused-ring (bicyclic) bond motifs is 1. The van der Waals surface area contributed by atoms with Crippen molar-refractivity contribution in [3.8, 4) is 0 Å². The van der Waals surface area contributed by atoms with Gasteiger partial charge in [-0.25, -0.2) is 9.07 Å². The summed E-state index contributed by atoms with van der Waals surface area (Å²) in [6.07, 6.45) is 1.61. The first-order valence-corrected chi connectivity index (χ1v) is 10.5. The maximum absolute atomic E-state index is 13.2. The third kappa shape index (κ3) is 4.03. The summed E-state index contributed by atoms with van der Waals surface area (Å²) in [4.78, 5) is 25.7. The zero-order chi connectivity index (χ0) is 23.0. The third-order valence-corrected chi connectivity index (χ3v) is 6.10. The highest BCUT2D eigenvalue weighted by atomic mass is 35.5. The molecule has 4 aromatic rings. The van der Waals surface area contributed by atoms with E-state index in [-0.39, 0.29) is 23.8 Å². The van der Waals surface area contributed by atoms with Crippen LogP contribution in [0.2, 0.25) is 5.02 Å². The fourth-order valence-electron chi connectivity index (χ4n) is 3.84. The maximum atomic E-state index is 13.2. The van der Waals surface area contributed by atoms with E-state index in [4.69, 9.17) is 11.6 Å². The Bertz CT molecular complexity index is 1390. The van der Waals surface area contributed by atoms with Crippen molar-refractivity contribution >= 4 is 34.0 Å². The van der Waals surface area contributed by atoms with Gasteiger partial charge in [0.1, 0.15) is 12.4 Å². The van der Waals surface area contributed by atoms with Gasteiger partial charge in [0.05, 0.1) is 11.6 Å². The number of aryl methyl sites for hydroxylation is 2. The van der Waals surface area contributed by atoms with Gasteiger partial charge in [0.15, 0.2) is 0 Å².